The smallest absolute Gasteiger partial charge is 0.243 e. The predicted molar refractivity (Wildman–Crippen MR) is 130 cm³/mol. The van der Waals surface area contributed by atoms with Gasteiger partial charge in [0.25, 0.3) is 0 Å². The van der Waals surface area contributed by atoms with E-state index in [0.29, 0.717) is 17.1 Å². The lowest BCUT2D eigenvalue weighted by Gasteiger charge is -2.37. The maximum Gasteiger partial charge on any atom is 0.243 e. The molecule has 2 amide bonds. The van der Waals surface area contributed by atoms with Crippen LogP contribution >= 0.6 is 22.9 Å². The van der Waals surface area contributed by atoms with Gasteiger partial charge in [0.05, 0.1) is 12.5 Å². The average Bonchev–Trinajstić information content (AvgIpc) is 3.29. The largest absolute Gasteiger partial charge is 0.330 e. The Morgan fingerprint density at radius 2 is 1.88 bits per heavy atom. The van der Waals surface area contributed by atoms with Crippen molar-refractivity contribution in [2.75, 3.05) is 19.6 Å². The van der Waals surface area contributed by atoms with Gasteiger partial charge in [-0.05, 0) is 58.8 Å². The van der Waals surface area contributed by atoms with E-state index in [1.807, 2.05) is 29.2 Å². The van der Waals surface area contributed by atoms with Crippen LogP contribution in [0.15, 0.2) is 72.6 Å². The molecular formula is C26H24ClFN2O2S. The van der Waals surface area contributed by atoms with Crippen molar-refractivity contribution in [3.05, 3.63) is 105 Å². The lowest BCUT2D eigenvalue weighted by Crippen LogP contribution is -2.47. The molecule has 2 heterocycles. The van der Waals surface area contributed by atoms with Gasteiger partial charge in [0.1, 0.15) is 12.4 Å². The molecule has 0 bridgehead atoms. The molecule has 0 aliphatic carbocycles. The first-order chi connectivity index (χ1) is 16.0. The number of nitrogens with zero attached hydrogens (tertiary/aromatic N) is 2. The number of halogens is 2. The van der Waals surface area contributed by atoms with E-state index >= 15 is 0 Å². The van der Waals surface area contributed by atoms with Crippen LogP contribution in [0.1, 0.15) is 27.6 Å². The summed E-state index contributed by atoms with van der Waals surface area (Å²) in [5.41, 5.74) is 2.80. The van der Waals surface area contributed by atoms with Crippen LogP contribution in [-0.4, -0.2) is 41.2 Å². The number of amides is 2. The maximum absolute atomic E-state index is 13.5. The molecule has 0 fully saturated rings. The van der Waals surface area contributed by atoms with Gasteiger partial charge in [0.15, 0.2) is 0 Å². The first-order valence-corrected chi connectivity index (χ1v) is 12.0. The normalized spacial score (nSPS) is 15.1. The zero-order valence-corrected chi connectivity index (χ0v) is 19.6. The quantitative estimate of drug-likeness (QED) is 0.430. The fraction of sp³-hybridized carbons (Fsp3) is 0.231. The van der Waals surface area contributed by atoms with Crippen LogP contribution in [0.3, 0.4) is 0 Å². The van der Waals surface area contributed by atoms with Gasteiger partial charge in [-0.15, -0.1) is 17.9 Å². The minimum atomic E-state index is -0.351. The van der Waals surface area contributed by atoms with E-state index in [1.165, 1.54) is 21.9 Å². The third kappa shape index (κ3) is 5.34. The zero-order chi connectivity index (χ0) is 23.4. The fourth-order valence-corrected chi connectivity index (χ4v) is 5.17. The van der Waals surface area contributed by atoms with E-state index in [4.69, 9.17) is 11.6 Å². The standard InChI is InChI=1S/C26H24ClFN2O2S/c1-2-13-29(24(31)16-18-3-9-21(28)10-4-18)17-25(32)30-14-11-23-22(12-15-33-23)26(30)19-5-7-20(27)8-6-19/h2-10,12,15,26H,1,11,13-14,16-17H2. The lowest BCUT2D eigenvalue weighted by molar-refractivity contribution is -0.141. The molecule has 7 heteroatoms. The Hall–Kier alpha value is -2.96. The minimum Gasteiger partial charge on any atom is -0.330 e. The molecule has 33 heavy (non-hydrogen) atoms. The average molecular weight is 483 g/mol. The van der Waals surface area contributed by atoms with E-state index in [2.05, 4.69) is 18.0 Å². The molecule has 0 radical (unpaired) electrons. The second kappa shape index (κ2) is 10.3. The summed E-state index contributed by atoms with van der Waals surface area (Å²) >= 11 is 7.79. The molecule has 1 aliphatic rings. The van der Waals surface area contributed by atoms with Gasteiger partial charge in [-0.25, -0.2) is 4.39 Å². The summed E-state index contributed by atoms with van der Waals surface area (Å²) in [5, 5.41) is 2.69. The Balaban J connectivity index is 1.55. The van der Waals surface area contributed by atoms with Crippen LogP contribution in [0.5, 0.6) is 0 Å². The van der Waals surface area contributed by atoms with Crippen molar-refractivity contribution in [3.63, 3.8) is 0 Å². The molecule has 4 rings (SSSR count). The van der Waals surface area contributed by atoms with Crippen LogP contribution in [0.2, 0.25) is 5.02 Å². The fourth-order valence-electron chi connectivity index (χ4n) is 4.14. The van der Waals surface area contributed by atoms with Gasteiger partial charge in [-0.1, -0.05) is 41.9 Å². The Morgan fingerprint density at radius 1 is 1.15 bits per heavy atom. The maximum atomic E-state index is 13.5. The van der Waals surface area contributed by atoms with Crippen LogP contribution in [0.4, 0.5) is 4.39 Å². The van der Waals surface area contributed by atoms with E-state index in [1.54, 1.807) is 29.5 Å². The molecule has 2 aromatic carbocycles. The number of carbonyl (C=O) groups is 2. The number of hydrogen-bond acceptors (Lipinski definition) is 3. The van der Waals surface area contributed by atoms with Crippen LogP contribution < -0.4 is 0 Å². The molecule has 0 saturated carbocycles. The van der Waals surface area contributed by atoms with E-state index in [-0.39, 0.29) is 43.2 Å². The van der Waals surface area contributed by atoms with Crippen molar-refractivity contribution in [2.24, 2.45) is 0 Å². The van der Waals surface area contributed by atoms with E-state index < -0.39 is 0 Å². The highest BCUT2D eigenvalue weighted by Gasteiger charge is 2.33. The highest BCUT2D eigenvalue weighted by molar-refractivity contribution is 7.10. The number of thiophene rings is 1. The third-order valence-corrected chi connectivity index (χ3v) is 7.02. The Labute approximate surface area is 201 Å². The third-order valence-electron chi connectivity index (χ3n) is 5.77. The van der Waals surface area contributed by atoms with Crippen molar-refractivity contribution in [3.8, 4) is 0 Å². The topological polar surface area (TPSA) is 40.6 Å². The summed E-state index contributed by atoms with van der Waals surface area (Å²) in [4.78, 5) is 31.1. The molecule has 1 unspecified atom stereocenters. The Morgan fingerprint density at radius 3 is 2.58 bits per heavy atom. The number of hydrogen-bond donors (Lipinski definition) is 0. The molecular weight excluding hydrogens is 459 g/mol. The zero-order valence-electron chi connectivity index (χ0n) is 18.0. The van der Waals surface area contributed by atoms with Crippen LogP contribution in [-0.2, 0) is 22.4 Å². The summed E-state index contributed by atoms with van der Waals surface area (Å²) in [6.07, 6.45) is 2.49. The predicted octanol–water partition coefficient (Wildman–Crippen LogP) is 5.27. The van der Waals surface area contributed by atoms with Crippen LogP contribution in [0, 0.1) is 5.82 Å². The van der Waals surface area contributed by atoms with Gasteiger partial charge >= 0.3 is 0 Å². The molecule has 0 spiro atoms. The van der Waals surface area contributed by atoms with Crippen molar-refractivity contribution < 1.29 is 14.0 Å². The number of benzene rings is 2. The molecule has 1 aliphatic heterocycles. The lowest BCUT2D eigenvalue weighted by atomic mass is 9.93. The van der Waals surface area contributed by atoms with Crippen molar-refractivity contribution in [1.82, 2.24) is 9.80 Å². The summed E-state index contributed by atoms with van der Waals surface area (Å²) < 4.78 is 13.2. The molecule has 0 saturated heterocycles. The number of carbonyl (C=O) groups excluding carboxylic acids is 2. The van der Waals surface area contributed by atoms with Gasteiger partial charge in [-0.2, -0.15) is 0 Å². The Kier molecular flexibility index (Phi) is 7.26. The summed E-state index contributed by atoms with van der Waals surface area (Å²) in [6.45, 7) is 4.53. The van der Waals surface area contributed by atoms with Crippen LogP contribution in [0.25, 0.3) is 0 Å². The molecule has 4 nitrogen and oxygen atoms in total. The summed E-state index contributed by atoms with van der Waals surface area (Å²) in [6, 6.07) is 15.2. The minimum absolute atomic E-state index is 0.0460. The van der Waals surface area contributed by atoms with Crippen molar-refractivity contribution in [2.45, 2.75) is 18.9 Å². The molecule has 0 N–H and O–H groups in total. The second-order valence-electron chi connectivity index (χ2n) is 7.96. The van der Waals surface area contributed by atoms with E-state index in [0.717, 1.165) is 17.5 Å². The van der Waals surface area contributed by atoms with Gasteiger partial charge < -0.3 is 9.80 Å². The SMILES string of the molecule is C=CCN(CC(=O)N1CCc2sccc2C1c1ccc(Cl)cc1)C(=O)Cc1ccc(F)cc1. The molecule has 1 aromatic heterocycles. The van der Waals surface area contributed by atoms with E-state index in [9.17, 15) is 14.0 Å². The van der Waals surface area contributed by atoms with Gasteiger partial charge in [-0.3, -0.25) is 9.59 Å². The molecule has 3 aromatic rings. The van der Waals surface area contributed by atoms with Crippen molar-refractivity contribution in [1.29, 1.82) is 0 Å². The highest BCUT2D eigenvalue weighted by Crippen LogP contribution is 2.38. The second-order valence-corrected chi connectivity index (χ2v) is 9.39. The Bertz CT molecular complexity index is 1140. The van der Waals surface area contributed by atoms with Gasteiger partial charge in [0, 0.05) is 23.0 Å². The molecule has 170 valence electrons. The number of fused-ring (bicyclic) bond motifs is 1. The summed E-state index contributed by atoms with van der Waals surface area (Å²) in [5.74, 6) is -0.678. The summed E-state index contributed by atoms with van der Waals surface area (Å²) in [7, 11) is 0. The number of rotatable bonds is 7. The monoisotopic (exact) mass is 482 g/mol. The first-order valence-electron chi connectivity index (χ1n) is 10.7. The molecule has 1 atom stereocenters. The van der Waals surface area contributed by atoms with Gasteiger partial charge in [0.2, 0.25) is 11.8 Å². The van der Waals surface area contributed by atoms with Crippen molar-refractivity contribution >= 4 is 34.8 Å². The first kappa shape index (κ1) is 23.2. The highest BCUT2D eigenvalue weighted by atomic mass is 35.5.